The predicted molar refractivity (Wildman–Crippen MR) is 143 cm³/mol. The lowest BCUT2D eigenvalue weighted by Gasteiger charge is -2.21. The fourth-order valence-electron chi connectivity index (χ4n) is 4.51. The van der Waals surface area contributed by atoms with Crippen LogP contribution < -0.4 is 5.32 Å². The minimum atomic E-state index is -1.01. The number of amides is 2. The van der Waals surface area contributed by atoms with Crippen molar-refractivity contribution in [3.8, 4) is 11.1 Å². The van der Waals surface area contributed by atoms with Crippen molar-refractivity contribution in [2.75, 3.05) is 23.6 Å². The number of nitrogens with zero attached hydrogens (tertiary/aromatic N) is 1. The second-order valence-electron chi connectivity index (χ2n) is 8.27. The summed E-state index contributed by atoms with van der Waals surface area (Å²) in [4.78, 5) is 38.2. The first-order valence-corrected chi connectivity index (χ1v) is 13.2. The third kappa shape index (κ3) is 4.62. The van der Waals surface area contributed by atoms with Gasteiger partial charge in [-0.25, -0.2) is 9.59 Å². The van der Waals surface area contributed by atoms with Crippen molar-refractivity contribution < 1.29 is 24.2 Å². The van der Waals surface area contributed by atoms with E-state index in [9.17, 15) is 19.5 Å². The number of anilines is 1. The van der Waals surface area contributed by atoms with E-state index in [-0.39, 0.29) is 18.4 Å². The number of carbonyl (C=O) groups is 3. The highest BCUT2D eigenvalue weighted by atomic mass is 127. The molecular formula is C26H21IN2O5S. The number of carboxylic acids is 1. The molecule has 2 N–H and O–H groups in total. The van der Waals surface area contributed by atoms with Crippen LogP contribution in [0.3, 0.4) is 0 Å². The molecule has 0 spiro atoms. The topological polar surface area (TPSA) is 95.9 Å². The molecular weight excluding hydrogens is 579 g/mol. The molecule has 1 heterocycles. The molecule has 0 radical (unpaired) electrons. The van der Waals surface area contributed by atoms with E-state index < -0.39 is 18.1 Å². The average molecular weight is 600 g/mol. The first-order chi connectivity index (χ1) is 16.9. The summed E-state index contributed by atoms with van der Waals surface area (Å²) in [5.74, 6) is -0.668. The van der Waals surface area contributed by atoms with Gasteiger partial charge in [0, 0.05) is 20.8 Å². The van der Waals surface area contributed by atoms with E-state index in [0.29, 0.717) is 26.5 Å². The molecule has 9 heteroatoms. The molecule has 1 saturated heterocycles. The van der Waals surface area contributed by atoms with Crippen molar-refractivity contribution in [3.05, 3.63) is 87.0 Å². The molecule has 1 aliphatic carbocycles. The zero-order valence-electron chi connectivity index (χ0n) is 18.4. The van der Waals surface area contributed by atoms with Crippen LogP contribution in [0.4, 0.5) is 10.5 Å². The lowest BCUT2D eigenvalue weighted by molar-refractivity contribution is -0.140. The third-order valence-corrected chi connectivity index (χ3v) is 8.13. The molecule has 0 bridgehead atoms. The zero-order valence-corrected chi connectivity index (χ0v) is 21.4. The van der Waals surface area contributed by atoms with Gasteiger partial charge in [-0.05, 0) is 63.0 Å². The molecule has 1 aliphatic heterocycles. The highest BCUT2D eigenvalue weighted by Crippen LogP contribution is 2.44. The number of benzene rings is 3. The monoisotopic (exact) mass is 600 g/mol. The lowest BCUT2D eigenvalue weighted by atomic mass is 9.98. The number of aliphatic carboxylic acids is 1. The van der Waals surface area contributed by atoms with Crippen LogP contribution in [0.2, 0.25) is 0 Å². The van der Waals surface area contributed by atoms with E-state index in [1.54, 1.807) is 18.2 Å². The number of ether oxygens (including phenoxy) is 1. The van der Waals surface area contributed by atoms with Crippen molar-refractivity contribution in [2.45, 2.75) is 12.0 Å². The van der Waals surface area contributed by atoms with Crippen LogP contribution in [0.5, 0.6) is 0 Å². The molecule has 1 atom stereocenters. The normalized spacial score (nSPS) is 16.5. The molecule has 2 amide bonds. The van der Waals surface area contributed by atoms with Gasteiger partial charge in [0.2, 0.25) is 0 Å². The van der Waals surface area contributed by atoms with Crippen molar-refractivity contribution in [1.29, 1.82) is 0 Å². The van der Waals surface area contributed by atoms with E-state index in [1.807, 2.05) is 46.9 Å². The number of hydrogen-bond donors (Lipinski definition) is 2. The summed E-state index contributed by atoms with van der Waals surface area (Å²) in [7, 11) is 0. The first kappa shape index (κ1) is 23.7. The van der Waals surface area contributed by atoms with Gasteiger partial charge in [-0.1, -0.05) is 48.5 Å². The van der Waals surface area contributed by atoms with E-state index >= 15 is 0 Å². The van der Waals surface area contributed by atoms with E-state index in [2.05, 4.69) is 29.6 Å². The SMILES string of the molecule is O=C(Nc1ccc(C(=O)N2CSCC2C(=O)O)cc1I)OCC1c2ccccc2-c2ccccc21. The number of hydrogen-bond acceptors (Lipinski definition) is 5. The Kier molecular flexibility index (Phi) is 6.70. The predicted octanol–water partition coefficient (Wildman–Crippen LogP) is 5.25. The van der Waals surface area contributed by atoms with Crippen molar-refractivity contribution in [1.82, 2.24) is 4.90 Å². The van der Waals surface area contributed by atoms with Gasteiger partial charge in [0.15, 0.2) is 0 Å². The summed E-state index contributed by atoms with van der Waals surface area (Å²) in [6, 6.07) is 20.3. The van der Waals surface area contributed by atoms with Crippen molar-refractivity contribution in [3.63, 3.8) is 0 Å². The molecule has 0 saturated carbocycles. The standard InChI is InChI=1S/C26H21IN2O5S/c27-21-11-15(24(30)29-14-35-13-23(29)25(31)32)9-10-22(21)28-26(33)34-12-20-18-7-3-1-5-16(18)17-6-2-4-8-19(17)20/h1-11,20,23H,12-14H2,(H,28,33)(H,31,32). The number of fused-ring (bicyclic) bond motifs is 3. The van der Waals surface area contributed by atoms with E-state index in [4.69, 9.17) is 4.74 Å². The number of halogens is 1. The zero-order chi connectivity index (χ0) is 24.5. The quantitative estimate of drug-likeness (QED) is 0.389. The van der Waals surface area contributed by atoms with Crippen LogP contribution >= 0.6 is 34.4 Å². The van der Waals surface area contributed by atoms with Crippen LogP contribution in [0.1, 0.15) is 27.4 Å². The van der Waals surface area contributed by atoms with Crippen molar-refractivity contribution >= 4 is 58.0 Å². The van der Waals surface area contributed by atoms with Crippen LogP contribution in [0, 0.1) is 3.57 Å². The molecule has 5 rings (SSSR count). The fraction of sp³-hybridized carbons (Fsp3) is 0.192. The molecule has 2 aliphatic rings. The summed E-state index contributed by atoms with van der Waals surface area (Å²) in [6.45, 7) is 0.205. The van der Waals surface area contributed by atoms with Gasteiger partial charge in [0.05, 0.1) is 11.6 Å². The Morgan fingerprint density at radius 2 is 1.69 bits per heavy atom. The smallest absolute Gasteiger partial charge is 0.411 e. The Bertz CT molecular complexity index is 1290. The minimum Gasteiger partial charge on any atom is -0.480 e. The van der Waals surface area contributed by atoms with Gasteiger partial charge in [-0.3, -0.25) is 10.1 Å². The van der Waals surface area contributed by atoms with E-state index in [0.717, 1.165) is 22.3 Å². The van der Waals surface area contributed by atoms with Gasteiger partial charge in [0.1, 0.15) is 12.6 Å². The number of carbonyl (C=O) groups excluding carboxylic acids is 2. The van der Waals surface area contributed by atoms with Gasteiger partial charge in [0.25, 0.3) is 5.91 Å². The minimum absolute atomic E-state index is 0.0345. The van der Waals surface area contributed by atoms with Gasteiger partial charge in [-0.15, -0.1) is 11.8 Å². The Morgan fingerprint density at radius 3 is 2.31 bits per heavy atom. The van der Waals surface area contributed by atoms with Crippen LogP contribution in [-0.2, 0) is 9.53 Å². The van der Waals surface area contributed by atoms with Crippen LogP contribution in [0.15, 0.2) is 66.7 Å². The van der Waals surface area contributed by atoms with E-state index in [1.165, 1.54) is 16.7 Å². The van der Waals surface area contributed by atoms with Gasteiger partial charge < -0.3 is 14.7 Å². The summed E-state index contributed by atoms with van der Waals surface area (Å²) in [6.07, 6.45) is -0.578. The van der Waals surface area contributed by atoms with Crippen LogP contribution in [-0.4, -0.2) is 52.3 Å². The Labute approximate surface area is 220 Å². The molecule has 178 valence electrons. The molecule has 35 heavy (non-hydrogen) atoms. The average Bonchev–Trinajstić information content (AvgIpc) is 3.47. The maximum absolute atomic E-state index is 12.8. The number of carboxylic acid groups (broad SMARTS) is 1. The van der Waals surface area contributed by atoms with Gasteiger partial charge in [-0.2, -0.15) is 0 Å². The maximum Gasteiger partial charge on any atom is 0.411 e. The Balaban J connectivity index is 1.25. The summed E-state index contributed by atoms with van der Waals surface area (Å²) in [5, 5.41) is 12.1. The molecule has 0 aromatic heterocycles. The van der Waals surface area contributed by atoms with Crippen molar-refractivity contribution in [2.24, 2.45) is 0 Å². The number of thioether (sulfide) groups is 1. The second kappa shape index (κ2) is 9.90. The summed E-state index contributed by atoms with van der Waals surface area (Å²) >= 11 is 3.45. The first-order valence-electron chi connectivity index (χ1n) is 11.0. The molecule has 3 aromatic rings. The fourth-order valence-corrected chi connectivity index (χ4v) is 6.30. The Morgan fingerprint density at radius 1 is 1.03 bits per heavy atom. The maximum atomic E-state index is 12.8. The molecule has 3 aromatic carbocycles. The molecule has 7 nitrogen and oxygen atoms in total. The second-order valence-corrected chi connectivity index (χ2v) is 10.4. The summed E-state index contributed by atoms with van der Waals surface area (Å²) in [5.41, 5.74) is 5.49. The molecule has 1 unspecified atom stereocenters. The third-order valence-electron chi connectivity index (χ3n) is 6.22. The molecule has 1 fully saturated rings. The highest BCUT2D eigenvalue weighted by Gasteiger charge is 2.35. The number of rotatable bonds is 5. The summed E-state index contributed by atoms with van der Waals surface area (Å²) < 4.78 is 6.25. The largest absolute Gasteiger partial charge is 0.480 e. The lowest BCUT2D eigenvalue weighted by Crippen LogP contribution is -2.41. The number of nitrogens with one attached hydrogen (secondary N) is 1. The Hall–Kier alpha value is -3.05. The van der Waals surface area contributed by atoms with Crippen LogP contribution in [0.25, 0.3) is 11.1 Å². The highest BCUT2D eigenvalue weighted by molar-refractivity contribution is 14.1. The van der Waals surface area contributed by atoms with Gasteiger partial charge >= 0.3 is 12.1 Å².